The van der Waals surface area contributed by atoms with Gasteiger partial charge in [-0.2, -0.15) is 0 Å². The van der Waals surface area contributed by atoms with Crippen molar-refractivity contribution in [3.8, 4) is 0 Å². The van der Waals surface area contributed by atoms with Crippen molar-refractivity contribution >= 4 is 38.4 Å². The Kier molecular flexibility index (Phi) is 4.20. The average molecular weight is 323 g/mol. The molecule has 0 saturated heterocycles. The number of hydrogen-bond donors (Lipinski definition) is 0. The van der Waals surface area contributed by atoms with Gasteiger partial charge in [-0.15, -0.1) is 0 Å². The van der Waals surface area contributed by atoms with Gasteiger partial charge in [-0.05, 0) is 37.1 Å². The Morgan fingerprint density at radius 3 is 2.17 bits per heavy atom. The summed E-state index contributed by atoms with van der Waals surface area (Å²) in [4.78, 5) is 4.53. The maximum absolute atomic E-state index is 6.26. The summed E-state index contributed by atoms with van der Waals surface area (Å²) < 4.78 is 1.06. The molecular formula is C15H13BrClN. The van der Waals surface area contributed by atoms with Gasteiger partial charge in [0, 0.05) is 10.0 Å². The second-order valence-electron chi connectivity index (χ2n) is 4.16. The fourth-order valence-corrected chi connectivity index (χ4v) is 2.72. The molecule has 0 saturated carbocycles. The summed E-state index contributed by atoms with van der Waals surface area (Å²) in [6.07, 6.45) is 0. The molecule has 2 aromatic carbocycles. The van der Waals surface area contributed by atoms with Crippen LogP contribution in [-0.2, 0) is 0 Å². The first-order chi connectivity index (χ1) is 8.58. The van der Waals surface area contributed by atoms with Crippen LogP contribution in [0.15, 0.2) is 51.9 Å². The van der Waals surface area contributed by atoms with Gasteiger partial charge in [0.25, 0.3) is 0 Å². The summed E-state index contributed by atoms with van der Waals surface area (Å²) in [6, 6.07) is 13.9. The minimum Gasteiger partial charge on any atom is -0.236 e. The lowest BCUT2D eigenvalue weighted by Crippen LogP contribution is -1.91. The second-order valence-corrected chi connectivity index (χ2v) is 5.43. The summed E-state index contributed by atoms with van der Waals surface area (Å²) in [5.74, 6) is 0. The molecule has 0 heterocycles. The molecule has 0 bridgehead atoms. The molecule has 18 heavy (non-hydrogen) atoms. The van der Waals surface area contributed by atoms with Crippen molar-refractivity contribution in [2.24, 2.45) is 4.99 Å². The highest BCUT2D eigenvalue weighted by Crippen LogP contribution is 2.28. The van der Waals surface area contributed by atoms with E-state index >= 15 is 0 Å². The summed E-state index contributed by atoms with van der Waals surface area (Å²) in [6.45, 7) is 4.07. The van der Waals surface area contributed by atoms with Crippen LogP contribution in [0.5, 0.6) is 0 Å². The van der Waals surface area contributed by atoms with Crippen LogP contribution in [0.3, 0.4) is 0 Å². The third-order valence-electron chi connectivity index (χ3n) is 2.68. The Balaban J connectivity index is 2.45. The quantitative estimate of drug-likeness (QED) is 0.658. The number of nitrogens with zero attached hydrogens (tertiary/aromatic N) is 1. The van der Waals surface area contributed by atoms with Gasteiger partial charge in [-0.1, -0.05) is 57.9 Å². The van der Waals surface area contributed by atoms with Gasteiger partial charge in [-0.3, -0.25) is 0 Å². The molecule has 0 amide bonds. The van der Waals surface area contributed by atoms with Crippen LogP contribution in [0.1, 0.15) is 16.7 Å². The molecule has 0 aliphatic rings. The highest BCUT2D eigenvalue weighted by atomic mass is 79.9. The lowest BCUT2D eigenvalue weighted by molar-refractivity contribution is 1.32. The fourth-order valence-electron chi connectivity index (χ4n) is 1.82. The molecule has 1 nitrogen and oxygen atoms in total. The highest BCUT2D eigenvalue weighted by Gasteiger charge is 2.05. The molecule has 0 spiro atoms. The number of benzene rings is 2. The van der Waals surface area contributed by atoms with Crippen LogP contribution < -0.4 is 0 Å². The smallest absolute Gasteiger partial charge is 0.136 e. The van der Waals surface area contributed by atoms with Crippen molar-refractivity contribution in [3.05, 3.63) is 63.6 Å². The first-order valence-electron chi connectivity index (χ1n) is 5.64. The molecule has 2 rings (SSSR count). The topological polar surface area (TPSA) is 12.4 Å². The van der Waals surface area contributed by atoms with Crippen LogP contribution in [0.4, 0.5) is 5.69 Å². The summed E-state index contributed by atoms with van der Waals surface area (Å²) in [5, 5.41) is 0.518. The number of aliphatic imine (C=N–C) groups is 1. The molecule has 0 aliphatic heterocycles. The molecule has 0 atom stereocenters. The van der Waals surface area contributed by atoms with E-state index in [1.807, 2.05) is 56.3 Å². The van der Waals surface area contributed by atoms with E-state index in [1.165, 1.54) is 0 Å². The van der Waals surface area contributed by atoms with Crippen LogP contribution in [0.25, 0.3) is 0 Å². The van der Waals surface area contributed by atoms with Crippen molar-refractivity contribution < 1.29 is 0 Å². The Bertz CT molecular complexity index is 568. The minimum atomic E-state index is 0.518. The molecule has 0 unspecified atom stereocenters. The number of aryl methyl sites for hydroxylation is 2. The van der Waals surface area contributed by atoms with Crippen molar-refractivity contribution in [2.45, 2.75) is 13.8 Å². The van der Waals surface area contributed by atoms with Gasteiger partial charge in [0.05, 0.1) is 5.69 Å². The van der Waals surface area contributed by atoms with E-state index in [0.29, 0.717) is 5.17 Å². The zero-order valence-electron chi connectivity index (χ0n) is 10.2. The van der Waals surface area contributed by atoms with Crippen molar-refractivity contribution in [3.63, 3.8) is 0 Å². The molecule has 3 heteroatoms. The maximum atomic E-state index is 6.26. The summed E-state index contributed by atoms with van der Waals surface area (Å²) in [5.41, 5.74) is 4.08. The Hall–Kier alpha value is -1.12. The Labute approximate surface area is 121 Å². The molecular weight excluding hydrogens is 310 g/mol. The largest absolute Gasteiger partial charge is 0.236 e. The van der Waals surface area contributed by atoms with E-state index in [0.717, 1.165) is 26.9 Å². The zero-order chi connectivity index (χ0) is 13.1. The normalized spacial score (nSPS) is 11.7. The highest BCUT2D eigenvalue weighted by molar-refractivity contribution is 9.10. The van der Waals surface area contributed by atoms with Gasteiger partial charge in [0.1, 0.15) is 5.17 Å². The van der Waals surface area contributed by atoms with Crippen LogP contribution in [0.2, 0.25) is 0 Å². The number of halogens is 2. The van der Waals surface area contributed by atoms with Gasteiger partial charge in [0.15, 0.2) is 0 Å². The molecule has 0 aromatic heterocycles. The van der Waals surface area contributed by atoms with E-state index in [4.69, 9.17) is 11.6 Å². The van der Waals surface area contributed by atoms with Gasteiger partial charge >= 0.3 is 0 Å². The average Bonchev–Trinajstić information content (AvgIpc) is 2.34. The fraction of sp³-hybridized carbons (Fsp3) is 0.133. The summed E-state index contributed by atoms with van der Waals surface area (Å²) >= 11 is 9.74. The Morgan fingerprint density at radius 1 is 1.06 bits per heavy atom. The van der Waals surface area contributed by atoms with E-state index in [2.05, 4.69) is 20.9 Å². The van der Waals surface area contributed by atoms with E-state index in [9.17, 15) is 0 Å². The number of rotatable bonds is 2. The predicted molar refractivity (Wildman–Crippen MR) is 82.1 cm³/mol. The van der Waals surface area contributed by atoms with E-state index in [1.54, 1.807) is 0 Å². The molecule has 2 aromatic rings. The van der Waals surface area contributed by atoms with Crippen molar-refractivity contribution in [1.29, 1.82) is 0 Å². The van der Waals surface area contributed by atoms with Gasteiger partial charge < -0.3 is 0 Å². The van der Waals surface area contributed by atoms with Gasteiger partial charge in [-0.25, -0.2) is 4.99 Å². The lowest BCUT2D eigenvalue weighted by atomic mass is 10.1. The minimum absolute atomic E-state index is 0.518. The van der Waals surface area contributed by atoms with Crippen LogP contribution >= 0.6 is 27.5 Å². The van der Waals surface area contributed by atoms with Crippen molar-refractivity contribution in [2.75, 3.05) is 0 Å². The molecule has 0 fully saturated rings. The van der Waals surface area contributed by atoms with Crippen LogP contribution in [-0.4, -0.2) is 5.17 Å². The van der Waals surface area contributed by atoms with Crippen LogP contribution in [0, 0.1) is 13.8 Å². The standard InChI is InChI=1S/C15H13BrClN/c1-10-8-13(16)9-11(2)14(10)18-15(17)12-6-4-3-5-7-12/h3-9H,1-2H3. The second kappa shape index (κ2) is 5.68. The van der Waals surface area contributed by atoms with E-state index < -0.39 is 0 Å². The third-order valence-corrected chi connectivity index (χ3v) is 3.44. The zero-order valence-corrected chi connectivity index (χ0v) is 12.6. The molecule has 0 radical (unpaired) electrons. The first-order valence-corrected chi connectivity index (χ1v) is 6.81. The lowest BCUT2D eigenvalue weighted by Gasteiger charge is -2.07. The van der Waals surface area contributed by atoms with E-state index in [-0.39, 0.29) is 0 Å². The first kappa shape index (κ1) is 13.3. The maximum Gasteiger partial charge on any atom is 0.136 e. The molecule has 92 valence electrons. The van der Waals surface area contributed by atoms with Gasteiger partial charge in [0.2, 0.25) is 0 Å². The molecule has 0 aliphatic carbocycles. The summed E-state index contributed by atoms with van der Waals surface area (Å²) in [7, 11) is 0. The Morgan fingerprint density at radius 2 is 1.61 bits per heavy atom. The van der Waals surface area contributed by atoms with Crippen molar-refractivity contribution in [1.82, 2.24) is 0 Å². The number of hydrogen-bond acceptors (Lipinski definition) is 1. The third kappa shape index (κ3) is 3.01. The predicted octanol–water partition coefficient (Wildman–Crippen LogP) is 5.38. The monoisotopic (exact) mass is 321 g/mol. The molecule has 0 N–H and O–H groups in total. The SMILES string of the molecule is Cc1cc(Br)cc(C)c1N=C(Cl)c1ccccc1.